The van der Waals surface area contributed by atoms with Gasteiger partial charge in [0, 0.05) is 18.1 Å². The molecule has 0 aliphatic carbocycles. The van der Waals surface area contributed by atoms with Crippen molar-refractivity contribution in [3.8, 4) is 0 Å². The van der Waals surface area contributed by atoms with E-state index in [0.29, 0.717) is 0 Å². The van der Waals surface area contributed by atoms with Gasteiger partial charge in [-0.25, -0.2) is 4.98 Å². The zero-order valence-electron chi connectivity index (χ0n) is 13.1. The summed E-state index contributed by atoms with van der Waals surface area (Å²) in [6.45, 7) is 2.76. The number of benzene rings is 1. The number of anilines is 1. The van der Waals surface area contributed by atoms with Crippen molar-refractivity contribution in [2.75, 3.05) is 18.0 Å². The monoisotopic (exact) mass is 331 g/mol. The molecule has 0 radical (unpaired) electrons. The summed E-state index contributed by atoms with van der Waals surface area (Å²) in [4.78, 5) is 18.9. The molecule has 1 fully saturated rings. The van der Waals surface area contributed by atoms with Crippen LogP contribution in [0.5, 0.6) is 0 Å². The number of carbonyl (C=O) groups excluding carboxylic acids is 1. The van der Waals surface area contributed by atoms with Crippen LogP contribution in [0.4, 0.5) is 5.13 Å². The lowest BCUT2D eigenvalue weighted by Gasteiger charge is -2.27. The molecule has 1 saturated heterocycles. The number of amides is 1. The predicted molar refractivity (Wildman–Crippen MR) is 91.5 cm³/mol. The van der Waals surface area contributed by atoms with Crippen LogP contribution < -0.4 is 10.2 Å². The molecule has 0 saturated carbocycles. The van der Waals surface area contributed by atoms with Gasteiger partial charge in [0.2, 0.25) is 5.91 Å². The Balaban J connectivity index is 1.63. The third-order valence-corrected chi connectivity index (χ3v) is 5.03. The predicted octanol–water partition coefficient (Wildman–Crippen LogP) is 2.14. The van der Waals surface area contributed by atoms with Crippen molar-refractivity contribution < 1.29 is 9.90 Å². The largest absolute Gasteiger partial charge is 0.384 e. The highest BCUT2D eigenvalue weighted by atomic mass is 32.1. The second-order valence-corrected chi connectivity index (χ2v) is 6.90. The van der Waals surface area contributed by atoms with Crippen LogP contribution in [0.3, 0.4) is 0 Å². The molecule has 2 heterocycles. The summed E-state index contributed by atoms with van der Waals surface area (Å²) in [5, 5.41) is 16.3. The maximum absolute atomic E-state index is 12.5. The van der Waals surface area contributed by atoms with Gasteiger partial charge in [-0.1, -0.05) is 30.3 Å². The van der Waals surface area contributed by atoms with Crippen LogP contribution in [-0.2, 0) is 10.4 Å². The van der Waals surface area contributed by atoms with Crippen molar-refractivity contribution in [2.45, 2.75) is 31.4 Å². The average molecular weight is 331 g/mol. The first-order chi connectivity index (χ1) is 11.1. The Morgan fingerprint density at radius 2 is 2.26 bits per heavy atom. The Kier molecular flexibility index (Phi) is 4.63. The molecule has 2 aromatic rings. The van der Waals surface area contributed by atoms with Crippen LogP contribution in [0.25, 0.3) is 0 Å². The number of nitrogens with one attached hydrogen (secondary N) is 1. The van der Waals surface area contributed by atoms with Gasteiger partial charge >= 0.3 is 0 Å². The summed E-state index contributed by atoms with van der Waals surface area (Å²) in [7, 11) is 0. The highest BCUT2D eigenvalue weighted by molar-refractivity contribution is 7.13. The van der Waals surface area contributed by atoms with Gasteiger partial charge < -0.3 is 15.3 Å². The molecule has 1 aliphatic rings. The van der Waals surface area contributed by atoms with Gasteiger partial charge in [0.25, 0.3) is 0 Å². The summed E-state index contributed by atoms with van der Waals surface area (Å²) in [5.74, 6) is -0.0473. The number of aliphatic hydroxyl groups is 1. The average Bonchev–Trinajstić information content (AvgIpc) is 3.24. The van der Waals surface area contributed by atoms with E-state index in [0.717, 1.165) is 30.1 Å². The van der Waals surface area contributed by atoms with Crippen LogP contribution in [0.1, 0.15) is 25.3 Å². The van der Waals surface area contributed by atoms with Crippen molar-refractivity contribution in [3.63, 3.8) is 0 Å². The van der Waals surface area contributed by atoms with Gasteiger partial charge in [-0.3, -0.25) is 4.79 Å². The minimum atomic E-state index is -1.08. The van der Waals surface area contributed by atoms with Gasteiger partial charge in [-0.05, 0) is 25.3 Å². The summed E-state index contributed by atoms with van der Waals surface area (Å²) in [6, 6.07) is 9.20. The molecule has 1 aromatic carbocycles. The Morgan fingerprint density at radius 1 is 1.48 bits per heavy atom. The highest BCUT2D eigenvalue weighted by Gasteiger charge is 2.33. The van der Waals surface area contributed by atoms with E-state index >= 15 is 0 Å². The van der Waals surface area contributed by atoms with Crippen molar-refractivity contribution in [2.24, 2.45) is 0 Å². The third-order valence-electron chi connectivity index (χ3n) is 4.22. The summed E-state index contributed by atoms with van der Waals surface area (Å²) >= 11 is 1.55. The number of rotatable bonds is 5. The van der Waals surface area contributed by atoms with E-state index in [9.17, 15) is 9.90 Å². The zero-order chi connectivity index (χ0) is 16.3. The van der Waals surface area contributed by atoms with Crippen LogP contribution in [0, 0.1) is 0 Å². The number of hydrogen-bond acceptors (Lipinski definition) is 5. The molecule has 122 valence electrons. The van der Waals surface area contributed by atoms with E-state index in [-0.39, 0.29) is 18.5 Å². The molecule has 5 nitrogen and oxygen atoms in total. The van der Waals surface area contributed by atoms with Gasteiger partial charge in [0.05, 0.1) is 6.54 Å². The molecule has 0 bridgehead atoms. The number of thiazole rings is 1. The lowest BCUT2D eigenvalue weighted by molar-refractivity contribution is -0.123. The number of nitrogens with zero attached hydrogens (tertiary/aromatic N) is 2. The topological polar surface area (TPSA) is 65.5 Å². The number of hydrogen-bond donors (Lipinski definition) is 2. The first-order valence-electron chi connectivity index (χ1n) is 7.80. The van der Waals surface area contributed by atoms with Crippen LogP contribution in [0.15, 0.2) is 41.9 Å². The first kappa shape index (κ1) is 16.0. The van der Waals surface area contributed by atoms with Crippen LogP contribution in [-0.4, -0.2) is 35.1 Å². The molecular formula is C17H21N3O2S. The maximum atomic E-state index is 12.5. The molecular weight excluding hydrogens is 310 g/mol. The second-order valence-electron chi connectivity index (χ2n) is 6.02. The van der Waals surface area contributed by atoms with Crippen LogP contribution in [0.2, 0.25) is 0 Å². The molecule has 2 N–H and O–H groups in total. The van der Waals surface area contributed by atoms with Gasteiger partial charge in [-0.2, -0.15) is 0 Å². The molecule has 2 atom stereocenters. The maximum Gasteiger partial charge on any atom is 0.242 e. The van der Waals surface area contributed by atoms with Gasteiger partial charge in [0.15, 0.2) is 5.13 Å². The first-order valence-corrected chi connectivity index (χ1v) is 8.68. The van der Waals surface area contributed by atoms with E-state index in [1.54, 1.807) is 24.5 Å². The van der Waals surface area contributed by atoms with E-state index < -0.39 is 5.60 Å². The molecule has 1 aliphatic heterocycles. The summed E-state index contributed by atoms with van der Waals surface area (Å²) in [5.41, 5.74) is -0.287. The number of carbonyl (C=O) groups is 1. The molecule has 6 heteroatoms. The smallest absolute Gasteiger partial charge is 0.242 e. The lowest BCUT2D eigenvalue weighted by Crippen LogP contribution is -2.47. The Labute approximate surface area is 140 Å². The van der Waals surface area contributed by atoms with Gasteiger partial charge in [-0.15, -0.1) is 11.3 Å². The van der Waals surface area contributed by atoms with Crippen molar-refractivity contribution in [3.05, 3.63) is 47.5 Å². The molecule has 3 rings (SSSR count). The van der Waals surface area contributed by atoms with E-state index in [4.69, 9.17) is 0 Å². The van der Waals surface area contributed by atoms with Crippen molar-refractivity contribution >= 4 is 22.4 Å². The van der Waals surface area contributed by atoms with Crippen molar-refractivity contribution in [1.29, 1.82) is 0 Å². The standard InChI is InChI=1S/C17H21N3O2S/c1-17(22,13-6-3-2-4-7-13)12-19-15(21)14-8-5-10-20(14)16-18-9-11-23-16/h2-4,6-7,9,11,14,22H,5,8,10,12H2,1H3,(H,19,21)/t14-,17-/m1/s1. The molecule has 1 amide bonds. The zero-order valence-corrected chi connectivity index (χ0v) is 13.9. The summed E-state index contributed by atoms with van der Waals surface area (Å²) < 4.78 is 0. The van der Waals surface area contributed by atoms with Gasteiger partial charge in [0.1, 0.15) is 11.6 Å². The molecule has 0 unspecified atom stereocenters. The SMILES string of the molecule is C[C@@](O)(CNC(=O)[C@H]1CCCN1c1nccs1)c1ccccc1. The Hall–Kier alpha value is -1.92. The van der Waals surface area contributed by atoms with E-state index in [2.05, 4.69) is 15.2 Å². The molecule has 23 heavy (non-hydrogen) atoms. The quantitative estimate of drug-likeness (QED) is 0.881. The fourth-order valence-electron chi connectivity index (χ4n) is 2.90. The minimum Gasteiger partial charge on any atom is -0.384 e. The second kappa shape index (κ2) is 6.68. The Bertz CT molecular complexity index is 643. The minimum absolute atomic E-state index is 0.0473. The molecule has 1 aromatic heterocycles. The van der Waals surface area contributed by atoms with Crippen molar-refractivity contribution in [1.82, 2.24) is 10.3 Å². The van der Waals surface area contributed by atoms with E-state index in [1.165, 1.54) is 0 Å². The molecule has 0 spiro atoms. The fourth-order valence-corrected chi connectivity index (χ4v) is 3.62. The summed E-state index contributed by atoms with van der Waals surface area (Å²) in [6.07, 6.45) is 3.55. The fraction of sp³-hybridized carbons (Fsp3) is 0.412. The highest BCUT2D eigenvalue weighted by Crippen LogP contribution is 2.27. The van der Waals surface area contributed by atoms with Crippen LogP contribution >= 0.6 is 11.3 Å². The third kappa shape index (κ3) is 3.54. The lowest BCUT2D eigenvalue weighted by atomic mass is 9.96. The Morgan fingerprint density at radius 3 is 2.96 bits per heavy atom. The normalized spacial score (nSPS) is 20.3. The van der Waals surface area contributed by atoms with E-state index in [1.807, 2.05) is 35.7 Å². The number of aromatic nitrogens is 1.